The van der Waals surface area contributed by atoms with E-state index in [-0.39, 0.29) is 17.1 Å². The molecule has 0 spiro atoms. The van der Waals surface area contributed by atoms with Crippen molar-refractivity contribution >= 4 is 28.9 Å². The molecule has 2 rings (SSSR count). The van der Waals surface area contributed by atoms with Gasteiger partial charge in [0.25, 0.3) is 5.69 Å². The number of methoxy groups -OCH3 is 1. The number of nitro groups is 1. The maximum Gasteiger partial charge on any atom is 0.314 e. The van der Waals surface area contributed by atoms with Crippen LogP contribution in [0.5, 0.6) is 5.75 Å². The molecule has 2 aromatic carbocycles. The molecule has 0 unspecified atom stereocenters. The van der Waals surface area contributed by atoms with Crippen LogP contribution in [0, 0.1) is 24.0 Å². The van der Waals surface area contributed by atoms with Gasteiger partial charge in [-0.25, -0.2) is 0 Å². The van der Waals surface area contributed by atoms with Crippen molar-refractivity contribution in [3.05, 3.63) is 57.6 Å². The Balaban J connectivity index is 2.17. The number of carbonyl (C=O) groups is 2. The van der Waals surface area contributed by atoms with Gasteiger partial charge in [0.05, 0.1) is 17.7 Å². The summed E-state index contributed by atoms with van der Waals surface area (Å²) in [6.45, 7) is 3.74. The van der Waals surface area contributed by atoms with E-state index in [1.54, 1.807) is 12.1 Å². The topological polar surface area (TPSA) is 111 Å². The van der Waals surface area contributed by atoms with E-state index in [1.807, 2.05) is 19.9 Å². The van der Waals surface area contributed by atoms with Crippen LogP contribution in [0.3, 0.4) is 0 Å². The Bertz CT molecular complexity index is 828. The van der Waals surface area contributed by atoms with Crippen molar-refractivity contribution in [2.75, 3.05) is 17.7 Å². The van der Waals surface area contributed by atoms with Gasteiger partial charge in [0.2, 0.25) is 0 Å². The Hall–Kier alpha value is -3.42. The molecule has 8 nitrogen and oxygen atoms in total. The predicted octanol–water partition coefficient (Wildman–Crippen LogP) is 2.80. The maximum absolute atomic E-state index is 12.1. The number of nitrogens with one attached hydrogen (secondary N) is 2. The number of rotatable bonds is 4. The second-order valence-corrected chi connectivity index (χ2v) is 5.43. The fourth-order valence-electron chi connectivity index (χ4n) is 2.32. The van der Waals surface area contributed by atoms with Crippen LogP contribution in [0.15, 0.2) is 36.4 Å². The van der Waals surface area contributed by atoms with Crippen molar-refractivity contribution in [1.29, 1.82) is 0 Å². The van der Waals surface area contributed by atoms with Crippen LogP contribution in [-0.2, 0) is 9.59 Å². The molecular weight excluding hydrogens is 326 g/mol. The average molecular weight is 343 g/mol. The lowest BCUT2D eigenvalue weighted by Crippen LogP contribution is -2.29. The summed E-state index contributed by atoms with van der Waals surface area (Å²) in [7, 11) is 1.35. The van der Waals surface area contributed by atoms with E-state index in [0.29, 0.717) is 5.69 Å². The summed E-state index contributed by atoms with van der Waals surface area (Å²) in [5, 5.41) is 15.7. The van der Waals surface area contributed by atoms with Gasteiger partial charge in [-0.15, -0.1) is 0 Å². The van der Waals surface area contributed by atoms with E-state index in [1.165, 1.54) is 19.2 Å². The summed E-state index contributed by atoms with van der Waals surface area (Å²) in [4.78, 5) is 34.4. The summed E-state index contributed by atoms with van der Waals surface area (Å²) in [5.74, 6) is -1.64. The van der Waals surface area contributed by atoms with E-state index in [2.05, 4.69) is 10.6 Å². The number of nitrogens with zero attached hydrogens (tertiary/aromatic N) is 1. The molecule has 25 heavy (non-hydrogen) atoms. The third kappa shape index (κ3) is 4.54. The minimum Gasteiger partial charge on any atom is -0.495 e. The molecular formula is C17H17N3O5. The smallest absolute Gasteiger partial charge is 0.314 e. The van der Waals surface area contributed by atoms with Crippen molar-refractivity contribution in [3.8, 4) is 5.75 Å². The Morgan fingerprint density at radius 1 is 1.00 bits per heavy atom. The van der Waals surface area contributed by atoms with Gasteiger partial charge in [0.15, 0.2) is 0 Å². The Morgan fingerprint density at radius 2 is 1.60 bits per heavy atom. The number of anilines is 2. The van der Waals surface area contributed by atoms with Crippen LogP contribution in [0.4, 0.5) is 17.1 Å². The molecule has 8 heteroatoms. The first-order chi connectivity index (χ1) is 11.8. The third-order valence-electron chi connectivity index (χ3n) is 3.33. The summed E-state index contributed by atoms with van der Waals surface area (Å²) in [6.07, 6.45) is 0. The molecule has 2 amide bonds. The van der Waals surface area contributed by atoms with Crippen molar-refractivity contribution in [2.45, 2.75) is 13.8 Å². The number of hydrogen-bond donors (Lipinski definition) is 2. The second kappa shape index (κ2) is 7.43. The lowest BCUT2D eigenvalue weighted by atomic mass is 10.1. The van der Waals surface area contributed by atoms with E-state index < -0.39 is 16.7 Å². The van der Waals surface area contributed by atoms with Crippen LogP contribution in [0.25, 0.3) is 0 Å². The molecule has 0 heterocycles. The van der Waals surface area contributed by atoms with E-state index in [4.69, 9.17) is 4.74 Å². The van der Waals surface area contributed by atoms with Crippen LogP contribution in [0.1, 0.15) is 11.1 Å². The monoisotopic (exact) mass is 343 g/mol. The predicted molar refractivity (Wildman–Crippen MR) is 92.8 cm³/mol. The molecule has 0 aliphatic heterocycles. The Kier molecular flexibility index (Phi) is 5.33. The first-order valence-corrected chi connectivity index (χ1v) is 7.33. The van der Waals surface area contributed by atoms with Gasteiger partial charge in [0, 0.05) is 17.8 Å². The molecule has 0 bridgehead atoms. The van der Waals surface area contributed by atoms with Gasteiger partial charge < -0.3 is 15.4 Å². The highest BCUT2D eigenvalue weighted by atomic mass is 16.6. The molecule has 0 atom stereocenters. The fourth-order valence-corrected chi connectivity index (χ4v) is 2.32. The summed E-state index contributed by atoms with van der Waals surface area (Å²) >= 11 is 0. The van der Waals surface area contributed by atoms with Crippen LogP contribution >= 0.6 is 0 Å². The molecule has 0 aliphatic rings. The van der Waals surface area contributed by atoms with E-state index in [9.17, 15) is 19.7 Å². The average Bonchev–Trinajstić information content (AvgIpc) is 2.53. The highest BCUT2D eigenvalue weighted by Gasteiger charge is 2.18. The zero-order valence-electron chi connectivity index (χ0n) is 14.0. The van der Waals surface area contributed by atoms with E-state index >= 15 is 0 Å². The molecule has 130 valence electrons. The van der Waals surface area contributed by atoms with Crippen LogP contribution in [-0.4, -0.2) is 23.8 Å². The Labute approximate surface area is 144 Å². The summed E-state index contributed by atoms with van der Waals surface area (Å²) < 4.78 is 5.04. The normalized spacial score (nSPS) is 10.0. The SMILES string of the molecule is COc1ccc([N+](=O)[O-])cc1NC(=O)C(=O)Nc1cc(C)cc(C)c1. The number of amides is 2. The first kappa shape index (κ1) is 17.9. The van der Waals surface area contributed by atoms with Gasteiger partial charge in [-0.2, -0.15) is 0 Å². The zero-order chi connectivity index (χ0) is 18.6. The van der Waals surface area contributed by atoms with Gasteiger partial charge in [0.1, 0.15) is 5.75 Å². The highest BCUT2D eigenvalue weighted by molar-refractivity contribution is 6.43. The van der Waals surface area contributed by atoms with Gasteiger partial charge >= 0.3 is 11.8 Å². The number of carbonyl (C=O) groups excluding carboxylic acids is 2. The molecule has 0 saturated carbocycles. The number of ether oxygens (including phenoxy) is 1. The lowest BCUT2D eigenvalue weighted by Gasteiger charge is -2.11. The van der Waals surface area contributed by atoms with Crippen LogP contribution < -0.4 is 15.4 Å². The molecule has 0 aliphatic carbocycles. The number of nitro benzene ring substituents is 1. The molecule has 0 saturated heterocycles. The van der Waals surface area contributed by atoms with Crippen LogP contribution in [0.2, 0.25) is 0 Å². The number of aryl methyl sites for hydroxylation is 2. The molecule has 0 radical (unpaired) electrons. The van der Waals surface area contributed by atoms with Crippen molar-refractivity contribution in [3.63, 3.8) is 0 Å². The minimum atomic E-state index is -0.960. The molecule has 0 fully saturated rings. The largest absolute Gasteiger partial charge is 0.495 e. The standard InChI is InChI=1S/C17H17N3O5/c1-10-6-11(2)8-12(7-10)18-16(21)17(22)19-14-9-13(20(23)24)4-5-15(14)25-3/h4-9H,1-3H3,(H,18,21)(H,19,22). The van der Waals surface area contributed by atoms with Gasteiger partial charge in [-0.1, -0.05) is 6.07 Å². The quantitative estimate of drug-likeness (QED) is 0.504. The van der Waals surface area contributed by atoms with E-state index in [0.717, 1.165) is 17.2 Å². The molecule has 2 aromatic rings. The summed E-state index contributed by atoms with van der Waals surface area (Å²) in [6, 6.07) is 9.10. The number of hydrogen-bond acceptors (Lipinski definition) is 5. The first-order valence-electron chi connectivity index (χ1n) is 7.33. The van der Waals surface area contributed by atoms with Crippen molar-refractivity contribution in [1.82, 2.24) is 0 Å². The fraction of sp³-hybridized carbons (Fsp3) is 0.176. The van der Waals surface area contributed by atoms with Gasteiger partial charge in [-0.05, 0) is 43.2 Å². The summed E-state index contributed by atoms with van der Waals surface area (Å²) in [5.41, 5.74) is 2.18. The maximum atomic E-state index is 12.1. The lowest BCUT2D eigenvalue weighted by molar-refractivity contribution is -0.384. The zero-order valence-corrected chi connectivity index (χ0v) is 14.0. The minimum absolute atomic E-state index is 0.0391. The van der Waals surface area contributed by atoms with Gasteiger partial charge in [-0.3, -0.25) is 19.7 Å². The number of non-ortho nitro benzene ring substituents is 1. The second-order valence-electron chi connectivity index (χ2n) is 5.43. The van der Waals surface area contributed by atoms with Crippen molar-refractivity contribution < 1.29 is 19.2 Å². The van der Waals surface area contributed by atoms with Crippen molar-refractivity contribution in [2.24, 2.45) is 0 Å². The highest BCUT2D eigenvalue weighted by Crippen LogP contribution is 2.28. The number of benzene rings is 2. The third-order valence-corrected chi connectivity index (χ3v) is 3.33. The Morgan fingerprint density at radius 3 is 2.16 bits per heavy atom. The molecule has 2 N–H and O–H groups in total. The molecule has 0 aromatic heterocycles.